The van der Waals surface area contributed by atoms with Crippen molar-refractivity contribution in [1.29, 1.82) is 0 Å². The van der Waals surface area contributed by atoms with Crippen LogP contribution in [0.2, 0.25) is 0 Å². The first-order chi connectivity index (χ1) is 14.2. The Labute approximate surface area is 171 Å². The van der Waals surface area contributed by atoms with E-state index < -0.39 is 0 Å². The summed E-state index contributed by atoms with van der Waals surface area (Å²) in [7, 11) is 0. The topological polar surface area (TPSA) is 50.3 Å². The average Bonchev–Trinajstić information content (AvgIpc) is 3.02. The van der Waals surface area contributed by atoms with Gasteiger partial charge in [-0.3, -0.25) is 14.5 Å². The number of thioether (sulfide) groups is 1. The molecule has 0 saturated carbocycles. The molecule has 0 atom stereocenters. The number of pyridine rings is 1. The van der Waals surface area contributed by atoms with Crippen LogP contribution < -0.4 is 0 Å². The summed E-state index contributed by atoms with van der Waals surface area (Å²) in [4.78, 5) is 32.0. The van der Waals surface area contributed by atoms with Gasteiger partial charge < -0.3 is 0 Å². The molecule has 1 saturated heterocycles. The van der Waals surface area contributed by atoms with Crippen LogP contribution in [0.3, 0.4) is 0 Å². The van der Waals surface area contributed by atoms with Crippen LogP contribution in [-0.2, 0) is 11.3 Å². The smallest absolute Gasteiger partial charge is 0.268 e. The minimum absolute atomic E-state index is 0.243. The summed E-state index contributed by atoms with van der Waals surface area (Å²) in [5, 5.41) is 1.68. The fourth-order valence-corrected chi connectivity index (χ4v) is 4.38. The molecule has 1 aliphatic rings. The lowest BCUT2D eigenvalue weighted by Gasteiger charge is -2.12. The lowest BCUT2D eigenvalue weighted by atomic mass is 10.0. The van der Waals surface area contributed by atoms with Crippen LogP contribution in [0, 0.1) is 0 Å². The molecule has 3 aromatic carbocycles. The third-order valence-corrected chi connectivity index (χ3v) is 5.87. The molecule has 0 spiro atoms. The SMILES string of the molecule is O=C1S/C(=C\c2c3ccccc3nc3ccccc23)C(=O)N1Cc1ccccc1. The van der Waals surface area contributed by atoms with Gasteiger partial charge in [0.25, 0.3) is 11.1 Å². The van der Waals surface area contributed by atoms with Crippen LogP contribution in [-0.4, -0.2) is 21.0 Å². The van der Waals surface area contributed by atoms with Crippen LogP contribution in [0.5, 0.6) is 0 Å². The minimum atomic E-state index is -0.256. The van der Waals surface area contributed by atoms with Gasteiger partial charge in [-0.25, -0.2) is 4.98 Å². The van der Waals surface area contributed by atoms with Crippen molar-refractivity contribution in [2.75, 3.05) is 0 Å². The Balaban J connectivity index is 1.61. The fourth-order valence-electron chi connectivity index (χ4n) is 3.56. The maximum Gasteiger partial charge on any atom is 0.293 e. The van der Waals surface area contributed by atoms with Crippen molar-refractivity contribution in [3.63, 3.8) is 0 Å². The fraction of sp³-hybridized carbons (Fsp3) is 0.0417. The van der Waals surface area contributed by atoms with Crippen molar-refractivity contribution < 1.29 is 9.59 Å². The van der Waals surface area contributed by atoms with Crippen LogP contribution in [0.4, 0.5) is 4.79 Å². The largest absolute Gasteiger partial charge is 0.293 e. The van der Waals surface area contributed by atoms with Crippen molar-refractivity contribution in [3.8, 4) is 0 Å². The van der Waals surface area contributed by atoms with Crippen molar-refractivity contribution in [2.24, 2.45) is 0 Å². The zero-order valence-electron chi connectivity index (χ0n) is 15.4. The Morgan fingerprint density at radius 1 is 0.793 bits per heavy atom. The van der Waals surface area contributed by atoms with Crippen molar-refractivity contribution >= 4 is 50.8 Å². The summed E-state index contributed by atoms with van der Waals surface area (Å²) >= 11 is 0.991. The molecule has 0 unspecified atom stereocenters. The number of benzene rings is 3. The lowest BCUT2D eigenvalue weighted by molar-refractivity contribution is -0.123. The molecule has 5 rings (SSSR count). The zero-order valence-corrected chi connectivity index (χ0v) is 16.2. The zero-order chi connectivity index (χ0) is 19.8. The van der Waals surface area contributed by atoms with Gasteiger partial charge in [0, 0.05) is 10.8 Å². The number of imide groups is 1. The maximum absolute atomic E-state index is 13.0. The van der Waals surface area contributed by atoms with Gasteiger partial charge in [0.2, 0.25) is 0 Å². The van der Waals surface area contributed by atoms with Crippen LogP contribution in [0.15, 0.2) is 83.8 Å². The lowest BCUT2D eigenvalue weighted by Crippen LogP contribution is -2.27. The van der Waals surface area contributed by atoms with E-state index in [1.165, 1.54) is 4.90 Å². The number of fused-ring (bicyclic) bond motifs is 2. The van der Waals surface area contributed by atoms with E-state index in [1.807, 2.05) is 84.9 Å². The molecular weight excluding hydrogens is 380 g/mol. The van der Waals surface area contributed by atoms with E-state index in [9.17, 15) is 9.59 Å². The van der Waals surface area contributed by atoms with Gasteiger partial charge in [-0.2, -0.15) is 0 Å². The Bertz CT molecular complexity index is 1240. The van der Waals surface area contributed by atoms with E-state index in [0.717, 1.165) is 44.7 Å². The second-order valence-corrected chi connectivity index (χ2v) is 7.81. The number of carbonyl (C=O) groups excluding carboxylic acids is 2. The van der Waals surface area contributed by atoms with E-state index in [0.29, 0.717) is 4.91 Å². The van der Waals surface area contributed by atoms with Gasteiger partial charge in [0.15, 0.2) is 0 Å². The van der Waals surface area contributed by atoms with E-state index >= 15 is 0 Å². The van der Waals surface area contributed by atoms with Gasteiger partial charge in [0.1, 0.15) is 0 Å². The Hall–Kier alpha value is -3.44. The molecule has 1 aromatic heterocycles. The van der Waals surface area contributed by atoms with E-state index in [-0.39, 0.29) is 17.7 Å². The average molecular weight is 396 g/mol. The molecule has 0 aliphatic carbocycles. The molecule has 0 bridgehead atoms. The number of carbonyl (C=O) groups is 2. The number of nitrogens with zero attached hydrogens (tertiary/aromatic N) is 2. The van der Waals surface area contributed by atoms with Crippen LogP contribution in [0.25, 0.3) is 27.9 Å². The molecule has 140 valence electrons. The first-order valence-electron chi connectivity index (χ1n) is 9.27. The van der Waals surface area contributed by atoms with Crippen LogP contribution >= 0.6 is 11.8 Å². The molecule has 0 radical (unpaired) electrons. The molecular formula is C24H16N2O2S. The summed E-state index contributed by atoms with van der Waals surface area (Å²) in [6, 6.07) is 25.3. The Kier molecular flexibility index (Phi) is 4.37. The first-order valence-corrected chi connectivity index (χ1v) is 10.1. The number of hydrogen-bond acceptors (Lipinski definition) is 4. The molecule has 2 heterocycles. The molecule has 29 heavy (non-hydrogen) atoms. The quantitative estimate of drug-likeness (QED) is 0.333. The Morgan fingerprint density at radius 2 is 1.38 bits per heavy atom. The number of rotatable bonds is 3. The normalized spacial score (nSPS) is 15.7. The van der Waals surface area contributed by atoms with Gasteiger partial charge in [-0.15, -0.1) is 0 Å². The maximum atomic E-state index is 13.0. The van der Waals surface area contributed by atoms with Gasteiger partial charge in [-0.05, 0) is 41.1 Å². The number of para-hydroxylation sites is 2. The monoisotopic (exact) mass is 396 g/mol. The highest BCUT2D eigenvalue weighted by atomic mass is 32.2. The number of amides is 2. The predicted molar refractivity (Wildman–Crippen MR) is 117 cm³/mol. The number of hydrogen-bond donors (Lipinski definition) is 0. The van der Waals surface area contributed by atoms with Gasteiger partial charge >= 0.3 is 0 Å². The third-order valence-electron chi connectivity index (χ3n) is 4.96. The molecule has 1 fully saturated rings. The van der Waals surface area contributed by atoms with E-state index in [4.69, 9.17) is 4.98 Å². The van der Waals surface area contributed by atoms with Crippen LogP contribution in [0.1, 0.15) is 11.1 Å². The minimum Gasteiger partial charge on any atom is -0.268 e. The molecule has 4 nitrogen and oxygen atoms in total. The highest BCUT2D eigenvalue weighted by Crippen LogP contribution is 2.36. The second kappa shape index (κ2) is 7.18. The summed E-state index contributed by atoms with van der Waals surface area (Å²) < 4.78 is 0. The van der Waals surface area contributed by atoms with Crippen molar-refractivity contribution in [1.82, 2.24) is 9.88 Å². The summed E-state index contributed by atoms with van der Waals surface area (Å²) in [5.41, 5.74) is 3.56. The molecule has 4 aromatic rings. The van der Waals surface area contributed by atoms with E-state index in [2.05, 4.69) is 0 Å². The molecule has 0 N–H and O–H groups in total. The van der Waals surface area contributed by atoms with Gasteiger partial charge in [0.05, 0.1) is 22.5 Å². The third kappa shape index (κ3) is 3.19. The number of aromatic nitrogens is 1. The van der Waals surface area contributed by atoms with Gasteiger partial charge in [-0.1, -0.05) is 66.7 Å². The van der Waals surface area contributed by atoms with Crippen molar-refractivity contribution in [2.45, 2.75) is 6.54 Å². The molecule has 5 heteroatoms. The second-order valence-electron chi connectivity index (χ2n) is 6.81. The summed E-state index contributed by atoms with van der Waals surface area (Å²) in [6.07, 6.45) is 1.84. The highest BCUT2D eigenvalue weighted by Gasteiger charge is 2.35. The highest BCUT2D eigenvalue weighted by molar-refractivity contribution is 8.18. The summed E-state index contributed by atoms with van der Waals surface area (Å²) in [5.74, 6) is -0.256. The predicted octanol–water partition coefficient (Wildman–Crippen LogP) is 5.62. The molecule has 1 aliphatic heterocycles. The van der Waals surface area contributed by atoms with Crippen molar-refractivity contribution in [3.05, 3.63) is 94.9 Å². The summed E-state index contributed by atoms with van der Waals surface area (Å²) in [6.45, 7) is 0.278. The first kappa shape index (κ1) is 17.6. The van der Waals surface area contributed by atoms with E-state index in [1.54, 1.807) is 0 Å². The molecule has 2 amide bonds. The Morgan fingerprint density at radius 3 is 2.03 bits per heavy atom. The standard InChI is InChI=1S/C24H16N2O2S/c27-23-22(29-24(28)26(23)15-16-8-2-1-3-9-16)14-19-17-10-4-6-12-20(17)25-21-13-7-5-11-18(19)21/h1-14H,15H2/b22-14-.